The van der Waals surface area contributed by atoms with Gasteiger partial charge >= 0.3 is 5.97 Å². The summed E-state index contributed by atoms with van der Waals surface area (Å²) in [6.45, 7) is 0. The molecule has 0 spiro atoms. The minimum atomic E-state index is -3.88. The van der Waals surface area contributed by atoms with Gasteiger partial charge in [0.2, 0.25) is 5.91 Å². The zero-order chi connectivity index (χ0) is 16.6. The molecule has 2 N–H and O–H groups in total. The van der Waals surface area contributed by atoms with Gasteiger partial charge in [0.25, 0.3) is 10.0 Å². The molecular formula is C14H12N2O5S2. The average Bonchev–Trinajstić information content (AvgIpc) is 3.10. The Labute approximate surface area is 136 Å². The van der Waals surface area contributed by atoms with Gasteiger partial charge in [-0.2, -0.15) is 0 Å². The minimum absolute atomic E-state index is 0.0229. The molecule has 120 valence electrons. The first kappa shape index (κ1) is 15.5. The van der Waals surface area contributed by atoms with Gasteiger partial charge in [-0.1, -0.05) is 0 Å². The van der Waals surface area contributed by atoms with Gasteiger partial charge in [0, 0.05) is 5.69 Å². The molecule has 1 aromatic heterocycles. The molecule has 23 heavy (non-hydrogen) atoms. The van der Waals surface area contributed by atoms with E-state index in [0.717, 1.165) is 11.3 Å². The van der Waals surface area contributed by atoms with Crippen molar-refractivity contribution in [2.75, 3.05) is 17.1 Å². The maximum absolute atomic E-state index is 12.5. The molecule has 1 aliphatic rings. The molecule has 0 radical (unpaired) electrons. The van der Waals surface area contributed by atoms with Crippen molar-refractivity contribution < 1.29 is 22.7 Å². The van der Waals surface area contributed by atoms with Crippen LogP contribution in [0.3, 0.4) is 0 Å². The van der Waals surface area contributed by atoms with Crippen molar-refractivity contribution in [2.45, 2.75) is 11.3 Å². The highest BCUT2D eigenvalue weighted by molar-refractivity contribution is 7.92. The summed E-state index contributed by atoms with van der Waals surface area (Å²) in [6, 6.07) is 5.88. The fourth-order valence-corrected chi connectivity index (χ4v) is 4.17. The molecular weight excluding hydrogens is 340 g/mol. The molecule has 1 amide bonds. The number of ether oxygens (including phenoxy) is 1. The normalized spacial score (nSPS) is 13.3. The van der Waals surface area contributed by atoms with Crippen LogP contribution in [0.15, 0.2) is 34.5 Å². The lowest BCUT2D eigenvalue weighted by atomic mass is 10.2. The quantitative estimate of drug-likeness (QED) is 0.818. The van der Waals surface area contributed by atoms with Crippen LogP contribution in [0.25, 0.3) is 0 Å². The fraction of sp³-hybridized carbons (Fsp3) is 0.143. The van der Waals surface area contributed by atoms with Crippen molar-refractivity contribution in [1.29, 1.82) is 0 Å². The summed E-state index contributed by atoms with van der Waals surface area (Å²) in [5.74, 6) is -0.783. The number of methoxy groups -OCH3 is 1. The smallest absolute Gasteiger partial charge is 0.350 e. The largest absolute Gasteiger partial charge is 0.465 e. The van der Waals surface area contributed by atoms with Gasteiger partial charge in [0.15, 0.2) is 0 Å². The van der Waals surface area contributed by atoms with E-state index in [0.29, 0.717) is 11.3 Å². The van der Waals surface area contributed by atoms with Gasteiger partial charge in [0.1, 0.15) is 4.88 Å². The number of sulfonamides is 1. The minimum Gasteiger partial charge on any atom is -0.465 e. The number of carbonyl (C=O) groups is 2. The van der Waals surface area contributed by atoms with E-state index < -0.39 is 16.0 Å². The number of hydrogen-bond donors (Lipinski definition) is 2. The van der Waals surface area contributed by atoms with Crippen LogP contribution in [0.5, 0.6) is 0 Å². The number of anilines is 2. The van der Waals surface area contributed by atoms with Crippen LogP contribution in [-0.4, -0.2) is 27.4 Å². The molecule has 9 heteroatoms. The fourth-order valence-electron chi connectivity index (χ4n) is 2.22. The van der Waals surface area contributed by atoms with E-state index in [4.69, 9.17) is 0 Å². The summed E-state index contributed by atoms with van der Waals surface area (Å²) in [7, 11) is -2.65. The lowest BCUT2D eigenvalue weighted by Gasteiger charge is -2.09. The van der Waals surface area contributed by atoms with E-state index in [2.05, 4.69) is 14.8 Å². The first-order chi connectivity index (χ1) is 10.9. The van der Waals surface area contributed by atoms with E-state index in [1.54, 1.807) is 11.4 Å². The number of amides is 1. The van der Waals surface area contributed by atoms with E-state index in [-0.39, 0.29) is 27.8 Å². The van der Waals surface area contributed by atoms with Crippen LogP contribution in [0.4, 0.5) is 11.4 Å². The number of thiophene rings is 1. The number of carbonyl (C=O) groups excluding carboxylic acids is 2. The summed E-state index contributed by atoms with van der Waals surface area (Å²) in [5, 5.41) is 4.23. The molecule has 0 aliphatic carbocycles. The van der Waals surface area contributed by atoms with Crippen LogP contribution >= 0.6 is 11.3 Å². The molecule has 0 atom stereocenters. The molecule has 2 aromatic rings. The van der Waals surface area contributed by atoms with E-state index in [9.17, 15) is 18.0 Å². The van der Waals surface area contributed by atoms with Crippen LogP contribution in [0.2, 0.25) is 0 Å². The molecule has 0 fully saturated rings. The predicted molar refractivity (Wildman–Crippen MR) is 85.2 cm³/mol. The molecule has 0 saturated carbocycles. The second kappa shape index (κ2) is 5.67. The SMILES string of the molecule is COC(=O)c1sccc1NS(=O)(=O)c1ccc2c(c1)CC(=O)N2. The van der Waals surface area contributed by atoms with Crippen molar-refractivity contribution in [3.63, 3.8) is 0 Å². The van der Waals surface area contributed by atoms with Gasteiger partial charge in [-0.05, 0) is 35.2 Å². The molecule has 0 unspecified atom stereocenters. The molecule has 0 saturated heterocycles. The summed E-state index contributed by atoms with van der Waals surface area (Å²) < 4.78 is 32.0. The molecule has 2 heterocycles. The number of nitrogens with one attached hydrogen (secondary N) is 2. The summed E-state index contributed by atoms with van der Waals surface area (Å²) >= 11 is 1.08. The highest BCUT2D eigenvalue weighted by Gasteiger charge is 2.24. The Balaban J connectivity index is 1.92. The third-order valence-corrected chi connectivity index (χ3v) is 5.55. The first-order valence-electron chi connectivity index (χ1n) is 6.52. The van der Waals surface area contributed by atoms with E-state index >= 15 is 0 Å². The zero-order valence-electron chi connectivity index (χ0n) is 12.0. The average molecular weight is 352 g/mol. The Hall–Kier alpha value is -2.39. The third kappa shape index (κ3) is 2.92. The van der Waals surface area contributed by atoms with Gasteiger partial charge < -0.3 is 10.1 Å². The van der Waals surface area contributed by atoms with Gasteiger partial charge in [-0.3, -0.25) is 9.52 Å². The Kier molecular flexibility index (Phi) is 3.82. The van der Waals surface area contributed by atoms with Gasteiger partial charge in [-0.25, -0.2) is 13.2 Å². The molecule has 3 rings (SSSR count). The van der Waals surface area contributed by atoms with Gasteiger partial charge in [0.05, 0.1) is 24.1 Å². The first-order valence-corrected chi connectivity index (χ1v) is 8.88. The van der Waals surface area contributed by atoms with Crippen LogP contribution in [0, 0.1) is 0 Å². The molecule has 0 bridgehead atoms. The second-order valence-corrected chi connectivity index (χ2v) is 7.40. The van der Waals surface area contributed by atoms with Crippen LogP contribution in [0.1, 0.15) is 15.2 Å². The van der Waals surface area contributed by atoms with Crippen molar-refractivity contribution >= 4 is 44.6 Å². The highest BCUT2D eigenvalue weighted by atomic mass is 32.2. The maximum Gasteiger partial charge on any atom is 0.350 e. The van der Waals surface area contributed by atoms with E-state index in [1.165, 1.54) is 25.3 Å². The number of rotatable bonds is 4. The molecule has 7 nitrogen and oxygen atoms in total. The second-order valence-electron chi connectivity index (χ2n) is 4.80. The number of hydrogen-bond acceptors (Lipinski definition) is 6. The summed E-state index contributed by atoms with van der Waals surface area (Å²) in [4.78, 5) is 23.2. The van der Waals surface area contributed by atoms with E-state index in [1.807, 2.05) is 0 Å². The summed E-state index contributed by atoms with van der Waals surface area (Å²) in [6.07, 6.45) is 0.143. The standard InChI is InChI=1S/C14H12N2O5S2/c1-21-14(18)13-11(4-5-22-13)16-23(19,20)9-2-3-10-8(6-9)7-12(17)15-10/h2-6,16H,7H2,1H3,(H,15,17). The van der Waals surface area contributed by atoms with Crippen LogP contribution in [-0.2, 0) is 26.0 Å². The van der Waals surface area contributed by atoms with Crippen molar-refractivity contribution in [2.24, 2.45) is 0 Å². The summed E-state index contributed by atoms with van der Waals surface area (Å²) in [5.41, 5.74) is 1.40. The lowest BCUT2D eigenvalue weighted by Crippen LogP contribution is -2.15. The van der Waals surface area contributed by atoms with Crippen molar-refractivity contribution in [3.05, 3.63) is 40.1 Å². The molecule has 1 aliphatic heterocycles. The van der Waals surface area contributed by atoms with Crippen molar-refractivity contribution in [1.82, 2.24) is 0 Å². The Morgan fingerprint density at radius 2 is 2.13 bits per heavy atom. The van der Waals surface area contributed by atoms with Gasteiger partial charge in [-0.15, -0.1) is 11.3 Å². The third-order valence-electron chi connectivity index (χ3n) is 3.29. The Bertz CT molecular complexity index is 902. The number of fused-ring (bicyclic) bond motifs is 1. The topological polar surface area (TPSA) is 102 Å². The monoisotopic (exact) mass is 352 g/mol. The lowest BCUT2D eigenvalue weighted by molar-refractivity contribution is -0.115. The van der Waals surface area contributed by atoms with Crippen molar-refractivity contribution in [3.8, 4) is 0 Å². The highest BCUT2D eigenvalue weighted by Crippen LogP contribution is 2.29. The Morgan fingerprint density at radius 1 is 1.35 bits per heavy atom. The Morgan fingerprint density at radius 3 is 2.87 bits per heavy atom. The number of esters is 1. The maximum atomic E-state index is 12.5. The van der Waals surface area contributed by atoms with Crippen LogP contribution < -0.4 is 10.0 Å². The predicted octanol–water partition coefficient (Wildman–Crippen LogP) is 1.83. The molecule has 1 aromatic carbocycles. The number of benzene rings is 1. The zero-order valence-corrected chi connectivity index (χ0v) is 13.6.